The number of hydrogen-bond donors (Lipinski definition) is 1. The molecule has 1 aliphatic carbocycles. The minimum atomic E-state index is 0.262. The van der Waals surface area contributed by atoms with Gasteiger partial charge in [-0.2, -0.15) is 0 Å². The molecule has 0 saturated heterocycles. The normalized spacial score (nSPS) is 25.2. The molecule has 0 spiro atoms. The third kappa shape index (κ3) is 3.08. The highest BCUT2D eigenvalue weighted by Gasteiger charge is 2.30. The molecule has 0 bridgehead atoms. The van der Waals surface area contributed by atoms with Gasteiger partial charge in [-0.15, -0.1) is 0 Å². The molecule has 1 N–H and O–H groups in total. The van der Waals surface area contributed by atoms with Crippen molar-refractivity contribution >= 4 is 0 Å². The van der Waals surface area contributed by atoms with Crippen LogP contribution in [-0.4, -0.2) is 12.1 Å². The van der Waals surface area contributed by atoms with Crippen molar-refractivity contribution in [3.05, 3.63) is 35.9 Å². The van der Waals surface area contributed by atoms with E-state index in [0.717, 1.165) is 11.8 Å². The SMILES string of the molecule is CC(C)(C)NCC1CC(c2ccccc2)C1. The molecule has 1 fully saturated rings. The summed E-state index contributed by atoms with van der Waals surface area (Å²) in [5.41, 5.74) is 1.78. The highest BCUT2D eigenvalue weighted by molar-refractivity contribution is 5.21. The number of rotatable bonds is 3. The number of benzene rings is 1. The maximum atomic E-state index is 3.60. The lowest BCUT2D eigenvalue weighted by Crippen LogP contribution is -2.42. The summed E-state index contributed by atoms with van der Waals surface area (Å²) in [7, 11) is 0. The molecular formula is C15H23N. The highest BCUT2D eigenvalue weighted by Crippen LogP contribution is 2.41. The van der Waals surface area contributed by atoms with Gasteiger partial charge in [-0.25, -0.2) is 0 Å². The van der Waals surface area contributed by atoms with E-state index < -0.39 is 0 Å². The Balaban J connectivity index is 1.74. The molecule has 1 aliphatic rings. The molecule has 0 unspecified atom stereocenters. The maximum absolute atomic E-state index is 3.60. The molecule has 88 valence electrons. The first-order chi connectivity index (χ1) is 7.54. The zero-order chi connectivity index (χ0) is 11.6. The zero-order valence-electron chi connectivity index (χ0n) is 10.7. The molecule has 0 aliphatic heterocycles. The second kappa shape index (κ2) is 4.58. The molecule has 1 aromatic rings. The van der Waals surface area contributed by atoms with Crippen LogP contribution in [0.3, 0.4) is 0 Å². The average Bonchev–Trinajstić information content (AvgIpc) is 2.15. The molecule has 1 saturated carbocycles. The van der Waals surface area contributed by atoms with E-state index in [9.17, 15) is 0 Å². The van der Waals surface area contributed by atoms with Crippen LogP contribution in [0.15, 0.2) is 30.3 Å². The van der Waals surface area contributed by atoms with Crippen molar-refractivity contribution in [2.45, 2.75) is 45.1 Å². The van der Waals surface area contributed by atoms with Gasteiger partial charge >= 0.3 is 0 Å². The highest BCUT2D eigenvalue weighted by atomic mass is 14.9. The number of hydrogen-bond acceptors (Lipinski definition) is 1. The molecule has 0 atom stereocenters. The van der Waals surface area contributed by atoms with Crippen LogP contribution in [0.1, 0.15) is 45.1 Å². The van der Waals surface area contributed by atoms with Crippen LogP contribution in [0.2, 0.25) is 0 Å². The van der Waals surface area contributed by atoms with E-state index in [2.05, 4.69) is 56.4 Å². The van der Waals surface area contributed by atoms with Crippen LogP contribution in [-0.2, 0) is 0 Å². The topological polar surface area (TPSA) is 12.0 Å². The van der Waals surface area contributed by atoms with E-state index in [0.29, 0.717) is 0 Å². The molecule has 2 rings (SSSR count). The summed E-state index contributed by atoms with van der Waals surface area (Å²) in [5.74, 6) is 1.69. The van der Waals surface area contributed by atoms with E-state index >= 15 is 0 Å². The van der Waals surface area contributed by atoms with Gasteiger partial charge in [-0.05, 0) is 57.6 Å². The van der Waals surface area contributed by atoms with Crippen LogP contribution >= 0.6 is 0 Å². The van der Waals surface area contributed by atoms with Crippen molar-refractivity contribution in [2.75, 3.05) is 6.54 Å². The van der Waals surface area contributed by atoms with Crippen LogP contribution in [0, 0.1) is 5.92 Å². The van der Waals surface area contributed by atoms with E-state index in [4.69, 9.17) is 0 Å². The first kappa shape index (κ1) is 11.7. The molecule has 1 heteroatoms. The maximum Gasteiger partial charge on any atom is 0.00966 e. The summed E-state index contributed by atoms with van der Waals surface area (Å²) in [6.07, 6.45) is 2.71. The molecule has 1 aromatic carbocycles. The van der Waals surface area contributed by atoms with Gasteiger partial charge in [0, 0.05) is 5.54 Å². The molecule has 0 heterocycles. The Morgan fingerprint density at radius 3 is 2.31 bits per heavy atom. The average molecular weight is 217 g/mol. The standard InChI is InChI=1S/C15H23N/c1-15(2,3)16-11-12-9-14(10-12)13-7-5-4-6-8-13/h4-8,12,14,16H,9-11H2,1-3H3. The van der Waals surface area contributed by atoms with Gasteiger partial charge in [-0.1, -0.05) is 30.3 Å². The third-order valence-corrected chi connectivity index (χ3v) is 3.43. The minimum Gasteiger partial charge on any atom is -0.312 e. The molecule has 0 aromatic heterocycles. The Kier molecular flexibility index (Phi) is 3.34. The quantitative estimate of drug-likeness (QED) is 0.816. The van der Waals surface area contributed by atoms with Crippen molar-refractivity contribution in [2.24, 2.45) is 5.92 Å². The second-order valence-corrected chi connectivity index (χ2v) is 6.08. The van der Waals surface area contributed by atoms with Gasteiger partial charge in [0.1, 0.15) is 0 Å². The van der Waals surface area contributed by atoms with Gasteiger partial charge in [-0.3, -0.25) is 0 Å². The summed E-state index contributed by atoms with van der Waals surface area (Å²) in [5, 5.41) is 3.60. The van der Waals surface area contributed by atoms with Crippen molar-refractivity contribution in [1.29, 1.82) is 0 Å². The fraction of sp³-hybridized carbons (Fsp3) is 0.600. The van der Waals surface area contributed by atoms with Crippen LogP contribution < -0.4 is 5.32 Å². The second-order valence-electron chi connectivity index (χ2n) is 6.08. The van der Waals surface area contributed by atoms with E-state index in [1.54, 1.807) is 0 Å². The van der Waals surface area contributed by atoms with Crippen molar-refractivity contribution in [3.8, 4) is 0 Å². The summed E-state index contributed by atoms with van der Waals surface area (Å²) >= 11 is 0. The molecular weight excluding hydrogens is 194 g/mol. The van der Waals surface area contributed by atoms with Gasteiger partial charge in [0.2, 0.25) is 0 Å². The molecule has 0 radical (unpaired) electrons. The monoisotopic (exact) mass is 217 g/mol. The Morgan fingerprint density at radius 1 is 1.12 bits per heavy atom. The predicted octanol–water partition coefficient (Wildman–Crippen LogP) is 3.57. The van der Waals surface area contributed by atoms with Gasteiger partial charge < -0.3 is 5.32 Å². The van der Waals surface area contributed by atoms with E-state index in [-0.39, 0.29) is 5.54 Å². The van der Waals surface area contributed by atoms with Gasteiger partial charge in [0.05, 0.1) is 0 Å². The molecule has 0 amide bonds. The predicted molar refractivity (Wildman–Crippen MR) is 69.7 cm³/mol. The molecule has 16 heavy (non-hydrogen) atoms. The Bertz CT molecular complexity index is 317. The smallest absolute Gasteiger partial charge is 0.00966 e. The van der Waals surface area contributed by atoms with Gasteiger partial charge in [0.25, 0.3) is 0 Å². The molecule has 1 nitrogen and oxygen atoms in total. The summed E-state index contributed by atoms with van der Waals surface area (Å²) in [4.78, 5) is 0. The van der Waals surface area contributed by atoms with Gasteiger partial charge in [0.15, 0.2) is 0 Å². The summed E-state index contributed by atoms with van der Waals surface area (Å²) in [6.45, 7) is 7.88. The Morgan fingerprint density at radius 2 is 1.75 bits per heavy atom. The van der Waals surface area contributed by atoms with Crippen LogP contribution in [0.25, 0.3) is 0 Å². The lowest BCUT2D eigenvalue weighted by atomic mass is 9.71. The Hall–Kier alpha value is -0.820. The fourth-order valence-electron chi connectivity index (χ4n) is 2.35. The Labute approximate surface area is 99.3 Å². The summed E-state index contributed by atoms with van der Waals surface area (Å²) in [6, 6.07) is 10.9. The van der Waals surface area contributed by atoms with Crippen molar-refractivity contribution in [3.63, 3.8) is 0 Å². The lowest BCUT2D eigenvalue weighted by Gasteiger charge is -2.37. The number of nitrogens with one attached hydrogen (secondary N) is 1. The first-order valence-electron chi connectivity index (χ1n) is 6.34. The van der Waals surface area contributed by atoms with E-state index in [1.165, 1.54) is 24.9 Å². The largest absolute Gasteiger partial charge is 0.312 e. The fourth-order valence-corrected chi connectivity index (χ4v) is 2.35. The summed E-state index contributed by atoms with van der Waals surface area (Å²) < 4.78 is 0. The minimum absolute atomic E-state index is 0.262. The third-order valence-electron chi connectivity index (χ3n) is 3.43. The van der Waals surface area contributed by atoms with Crippen molar-refractivity contribution < 1.29 is 0 Å². The zero-order valence-corrected chi connectivity index (χ0v) is 10.7. The van der Waals surface area contributed by atoms with Crippen molar-refractivity contribution in [1.82, 2.24) is 5.32 Å². The van der Waals surface area contributed by atoms with E-state index in [1.807, 2.05) is 0 Å². The van der Waals surface area contributed by atoms with Crippen LogP contribution in [0.4, 0.5) is 0 Å². The van der Waals surface area contributed by atoms with Crippen LogP contribution in [0.5, 0.6) is 0 Å². The lowest BCUT2D eigenvalue weighted by molar-refractivity contribution is 0.234. The first-order valence-corrected chi connectivity index (χ1v) is 6.34.